The predicted molar refractivity (Wildman–Crippen MR) is 92.3 cm³/mol. The number of nitrogens with zero attached hydrogens (tertiary/aromatic N) is 1. The van der Waals surface area contributed by atoms with Crippen molar-refractivity contribution in [1.29, 1.82) is 0 Å². The molecule has 10 aliphatic heterocycles. The number of hydrogen-bond donors (Lipinski definition) is 0. The molecule has 11 heterocycles. The van der Waals surface area contributed by atoms with E-state index >= 15 is 0 Å². The second-order valence-electron chi connectivity index (χ2n) is 12.7. The molecule has 0 amide bonds. The molecule has 5 nitrogen and oxygen atoms in total. The number of benzene rings is 1. The van der Waals surface area contributed by atoms with Crippen LogP contribution in [0.15, 0.2) is 31.9 Å². The second kappa shape index (κ2) is 1.20. The van der Waals surface area contributed by atoms with Crippen molar-refractivity contribution in [3.63, 3.8) is 0 Å². The number of fused-ring (bicyclic) bond motifs is 11. The van der Waals surface area contributed by atoms with Gasteiger partial charge >= 0.3 is 145 Å². The van der Waals surface area contributed by atoms with Gasteiger partial charge in [0.1, 0.15) is 0 Å². The average Bonchev–Trinajstić information content (AvgIpc) is 3.53. The van der Waals surface area contributed by atoms with E-state index in [1.807, 2.05) is 0 Å². The molecule has 4 atom stereocenters. The summed E-state index contributed by atoms with van der Waals surface area (Å²) in [5.41, 5.74) is 0.0262. The van der Waals surface area contributed by atoms with Gasteiger partial charge in [-0.05, 0) is 0 Å². The van der Waals surface area contributed by atoms with Gasteiger partial charge in [0.05, 0.1) is 0 Å². The summed E-state index contributed by atoms with van der Waals surface area (Å²) in [4.78, 5) is 34.0. The van der Waals surface area contributed by atoms with Crippen molar-refractivity contribution in [2.24, 2.45) is 0 Å². The second-order valence-corrected chi connectivity index (χ2v) is 37.2. The van der Waals surface area contributed by atoms with Gasteiger partial charge in [-0.15, -0.1) is 0 Å². The van der Waals surface area contributed by atoms with Crippen LogP contribution in [0, 0.1) is 10.1 Å². The van der Waals surface area contributed by atoms with Crippen molar-refractivity contribution in [2.75, 3.05) is 0 Å². The van der Waals surface area contributed by atoms with E-state index in [0.29, 0.717) is 14.2 Å². The van der Waals surface area contributed by atoms with Gasteiger partial charge in [0.2, 0.25) is 0 Å². The zero-order chi connectivity index (χ0) is 16.9. The molecule has 10 aliphatic rings. The first-order valence-corrected chi connectivity index (χ1v) is 16.5. The molecule has 1 aromatic carbocycles. The fourth-order valence-electron chi connectivity index (χ4n) is 18.4. The Morgan fingerprint density at radius 1 is 1.04 bits per heavy atom. The van der Waals surface area contributed by atoms with Crippen LogP contribution in [0.1, 0.15) is 5.76 Å². The summed E-state index contributed by atoms with van der Waals surface area (Å²) in [6, 6.07) is 4.89. The summed E-state index contributed by atoms with van der Waals surface area (Å²) in [6.07, 6.45) is 0. The van der Waals surface area contributed by atoms with E-state index in [-0.39, 0.29) is 16.7 Å². The van der Waals surface area contributed by atoms with E-state index in [2.05, 4.69) is 15.9 Å². The Morgan fingerprint density at radius 3 is 2.12 bits per heavy atom. The number of nitro groups is 1. The van der Waals surface area contributed by atoms with E-state index in [0.717, 1.165) is 49.1 Å². The zero-order valence-corrected chi connectivity index (χ0v) is 15.9. The zero-order valence-electron chi connectivity index (χ0n) is 13.2. The van der Waals surface area contributed by atoms with Gasteiger partial charge in [-0.3, -0.25) is 0 Å². The molecule has 12 rings (SSSR count). The van der Waals surface area contributed by atoms with Gasteiger partial charge in [-0.25, -0.2) is 0 Å². The molecule has 10 fully saturated rings. The third-order valence-electron chi connectivity index (χ3n) is 17.0. The first-order valence-electron chi connectivity index (χ1n) is 9.38. The van der Waals surface area contributed by atoms with Crippen LogP contribution in [-0.2, 0) is 10.8 Å². The minimum absolute atomic E-state index is 0.0833. The Bertz CT molecular complexity index is 1670. The van der Waals surface area contributed by atoms with E-state index in [1.165, 1.54) is 6.07 Å². The normalized spacial score (nSPS) is 82.0. The van der Waals surface area contributed by atoms with Gasteiger partial charge in [-0.1, -0.05) is 0 Å². The first-order chi connectivity index (χ1) is 12.2. The van der Waals surface area contributed by atoms with Gasteiger partial charge in [0.25, 0.3) is 0 Å². The predicted octanol–water partition coefficient (Wildman–Crippen LogP) is 5.26. The van der Waals surface area contributed by atoms with Crippen molar-refractivity contribution < 1.29 is 15.8 Å². The van der Waals surface area contributed by atoms with Crippen molar-refractivity contribution in [3.8, 4) is 0 Å². The van der Waals surface area contributed by atoms with Crippen LogP contribution >= 0.6 is 15.9 Å². The van der Waals surface area contributed by atoms with Crippen molar-refractivity contribution in [3.05, 3.63) is 48.8 Å². The standard InChI is InChI=1S/C14H7BrNO4.C5H5.Fe/c15-9-5-10-12(17)7-13(8-3-1-2-4-8)20-14(10)11(6-9)16(18)19;1-2-4-5-3-1;/h1-7H;1-5H;. The maximum atomic E-state index is 13.0. The molecular formula is C19H12BrFeNO4. The molecular weight excluding hydrogens is 442 g/mol. The Morgan fingerprint density at radius 2 is 1.65 bits per heavy atom. The number of nitro benzene ring substituents is 1. The third kappa shape index (κ3) is 0.174. The van der Waals surface area contributed by atoms with E-state index in [4.69, 9.17) is 4.42 Å². The topological polar surface area (TPSA) is 73.3 Å². The number of non-ortho nitro benzene ring substituents is 1. The molecule has 0 radical (unpaired) electrons. The van der Waals surface area contributed by atoms with Crippen LogP contribution in [0.25, 0.3) is 11.0 Å². The SMILES string of the molecule is O=c1cc([C]23[CH]4[CH]5[CH]6[CH]2[Fe]56432789[CH]3[CH]2[CH]7[CH]8[CH]39)oc2c([N+](=O)[O-])cc(Br)cc12. The van der Waals surface area contributed by atoms with Crippen molar-refractivity contribution in [1.82, 2.24) is 0 Å². The molecule has 132 valence electrons. The summed E-state index contributed by atoms with van der Waals surface area (Å²) in [6.45, 7) is -3.46. The van der Waals surface area contributed by atoms with Crippen LogP contribution < -0.4 is 5.43 Å². The van der Waals surface area contributed by atoms with Crippen LogP contribution in [0.5, 0.6) is 0 Å². The van der Waals surface area contributed by atoms with Crippen LogP contribution in [0.4, 0.5) is 5.69 Å². The number of hydrogen-bond acceptors (Lipinski definition) is 4. The quantitative estimate of drug-likeness (QED) is 0.353. The van der Waals surface area contributed by atoms with Gasteiger partial charge in [-0.2, -0.15) is 0 Å². The van der Waals surface area contributed by atoms with Crippen molar-refractivity contribution in [2.45, 2.75) is 47.7 Å². The Labute approximate surface area is 144 Å². The van der Waals surface area contributed by atoms with E-state index in [1.54, 1.807) is 12.1 Å². The molecule has 26 heavy (non-hydrogen) atoms. The molecule has 4 unspecified atom stereocenters. The number of rotatable bonds is 2. The van der Waals surface area contributed by atoms with Crippen LogP contribution in [0.3, 0.4) is 0 Å². The fourth-order valence-corrected chi connectivity index (χ4v) is 92.7. The molecule has 1 aromatic heterocycles. The summed E-state index contributed by atoms with van der Waals surface area (Å²) < 4.78 is 7.24. The molecule has 1 spiro atoms. The average molecular weight is 454 g/mol. The molecule has 0 N–H and O–H groups in total. The third-order valence-corrected chi connectivity index (χ3v) is 59.8. The summed E-state index contributed by atoms with van der Waals surface area (Å²) in [5.74, 6) is 0.909. The summed E-state index contributed by atoms with van der Waals surface area (Å²) >= 11 is 3.30. The molecule has 0 bridgehead atoms. The molecule has 0 aliphatic carbocycles. The van der Waals surface area contributed by atoms with Gasteiger partial charge in [0, 0.05) is 0 Å². The summed E-state index contributed by atoms with van der Waals surface area (Å²) in [5, 5.41) is 11.9. The molecule has 2 aromatic rings. The van der Waals surface area contributed by atoms with Crippen molar-refractivity contribution >= 4 is 32.6 Å². The Hall–Kier alpha value is -1.17. The summed E-state index contributed by atoms with van der Waals surface area (Å²) in [7, 11) is 0. The van der Waals surface area contributed by atoms with Crippen LogP contribution in [-0.4, -0.2) is 4.92 Å². The van der Waals surface area contributed by atoms with E-state index < -0.39 is 11.4 Å². The van der Waals surface area contributed by atoms with E-state index in [9.17, 15) is 14.9 Å². The molecule has 7 heteroatoms. The monoisotopic (exact) mass is 453 g/mol. The Kier molecular flexibility index (Phi) is 0.506. The molecule has 10 saturated heterocycles. The van der Waals surface area contributed by atoms with Gasteiger partial charge in [0.15, 0.2) is 0 Å². The maximum absolute atomic E-state index is 13.0. The van der Waals surface area contributed by atoms with Crippen LogP contribution in [0.2, 0.25) is 43.3 Å². The fraction of sp³-hybridized carbons (Fsp3) is 0.526. The number of halogens is 1. The molecule has 0 saturated carbocycles. The first kappa shape index (κ1) is 11.0. The minimum atomic E-state index is -3.46. The Balaban J connectivity index is 1.31. The van der Waals surface area contributed by atoms with Gasteiger partial charge < -0.3 is 0 Å².